The van der Waals surface area contributed by atoms with Crippen molar-refractivity contribution in [2.24, 2.45) is 0 Å². The molecule has 78 valence electrons. The molecule has 2 unspecified atom stereocenters. The molecule has 1 heterocycles. The van der Waals surface area contributed by atoms with Crippen LogP contribution in [0.2, 0.25) is 0 Å². The van der Waals surface area contributed by atoms with Gasteiger partial charge in [-0.25, -0.2) is 0 Å². The van der Waals surface area contributed by atoms with E-state index in [0.717, 1.165) is 12.8 Å². The molecule has 1 saturated heterocycles. The molecule has 2 atom stereocenters. The Morgan fingerprint density at radius 1 is 1.43 bits per heavy atom. The van der Waals surface area contributed by atoms with Crippen molar-refractivity contribution in [3.8, 4) is 0 Å². The Kier molecular flexibility index (Phi) is 2.28. The van der Waals surface area contributed by atoms with E-state index in [9.17, 15) is 0 Å². The molecule has 0 aromatic carbocycles. The highest BCUT2D eigenvalue weighted by Gasteiger charge is 2.45. The topological polar surface area (TPSA) is 18.5 Å². The van der Waals surface area contributed by atoms with Crippen molar-refractivity contribution in [3.05, 3.63) is 23.8 Å². The van der Waals surface area contributed by atoms with Gasteiger partial charge in [-0.3, -0.25) is 0 Å². The van der Waals surface area contributed by atoms with Gasteiger partial charge in [0.15, 0.2) is 5.79 Å². The first-order valence-electron chi connectivity index (χ1n) is 5.23. The SMILES string of the molecule is C=C1CCC2OC(C)(C)OC2/C1=C/C. The van der Waals surface area contributed by atoms with Gasteiger partial charge >= 0.3 is 0 Å². The lowest BCUT2D eigenvalue weighted by Gasteiger charge is -2.27. The van der Waals surface area contributed by atoms with E-state index in [1.54, 1.807) is 0 Å². The molecule has 2 fully saturated rings. The number of hydrogen-bond acceptors (Lipinski definition) is 2. The first-order chi connectivity index (χ1) is 6.53. The summed E-state index contributed by atoms with van der Waals surface area (Å²) in [7, 11) is 0. The Bertz CT molecular complexity index is 289. The first-order valence-corrected chi connectivity index (χ1v) is 5.23. The van der Waals surface area contributed by atoms with Crippen molar-refractivity contribution in [1.29, 1.82) is 0 Å². The van der Waals surface area contributed by atoms with Crippen LogP contribution in [0.4, 0.5) is 0 Å². The van der Waals surface area contributed by atoms with Crippen molar-refractivity contribution < 1.29 is 9.47 Å². The van der Waals surface area contributed by atoms with Crippen LogP contribution in [-0.2, 0) is 9.47 Å². The van der Waals surface area contributed by atoms with E-state index in [1.807, 2.05) is 20.8 Å². The average Bonchev–Trinajstić information content (AvgIpc) is 2.39. The van der Waals surface area contributed by atoms with Crippen molar-refractivity contribution in [2.75, 3.05) is 0 Å². The normalized spacial score (nSPS) is 38.8. The maximum atomic E-state index is 5.88. The Balaban J connectivity index is 2.25. The largest absolute Gasteiger partial charge is 0.344 e. The number of hydrogen-bond donors (Lipinski definition) is 0. The minimum absolute atomic E-state index is 0.108. The summed E-state index contributed by atoms with van der Waals surface area (Å²) in [6, 6.07) is 0. The zero-order chi connectivity index (χ0) is 10.3. The summed E-state index contributed by atoms with van der Waals surface area (Å²) < 4.78 is 11.7. The number of fused-ring (bicyclic) bond motifs is 1. The molecule has 0 N–H and O–H groups in total. The molecule has 1 saturated carbocycles. The third-order valence-corrected chi connectivity index (χ3v) is 2.94. The highest BCUT2D eigenvalue weighted by atomic mass is 16.7. The Morgan fingerprint density at radius 2 is 2.14 bits per heavy atom. The lowest BCUT2D eigenvalue weighted by Crippen LogP contribution is -2.29. The van der Waals surface area contributed by atoms with Gasteiger partial charge in [0.1, 0.15) is 6.10 Å². The highest BCUT2D eigenvalue weighted by Crippen LogP contribution is 2.41. The van der Waals surface area contributed by atoms with E-state index >= 15 is 0 Å². The summed E-state index contributed by atoms with van der Waals surface area (Å²) in [5, 5.41) is 0. The van der Waals surface area contributed by atoms with Gasteiger partial charge in [-0.2, -0.15) is 0 Å². The second-order valence-electron chi connectivity index (χ2n) is 4.48. The van der Waals surface area contributed by atoms with Gasteiger partial charge < -0.3 is 9.47 Å². The van der Waals surface area contributed by atoms with Gasteiger partial charge in [-0.15, -0.1) is 0 Å². The minimum Gasteiger partial charge on any atom is -0.344 e. The van der Waals surface area contributed by atoms with Gasteiger partial charge in [0.05, 0.1) is 6.10 Å². The molecule has 14 heavy (non-hydrogen) atoms. The molecule has 0 spiro atoms. The Labute approximate surface area is 85.6 Å². The number of ether oxygens (including phenoxy) is 2. The first kappa shape index (κ1) is 9.94. The van der Waals surface area contributed by atoms with Gasteiger partial charge in [-0.1, -0.05) is 12.7 Å². The summed E-state index contributed by atoms with van der Waals surface area (Å²) in [4.78, 5) is 0. The van der Waals surface area contributed by atoms with Gasteiger partial charge in [0.25, 0.3) is 0 Å². The minimum atomic E-state index is -0.436. The smallest absolute Gasteiger partial charge is 0.164 e. The molecule has 2 heteroatoms. The predicted molar refractivity (Wildman–Crippen MR) is 56.0 cm³/mol. The summed E-state index contributed by atoms with van der Waals surface area (Å²) in [6.07, 6.45) is 4.49. The van der Waals surface area contributed by atoms with Crippen LogP contribution in [0.25, 0.3) is 0 Å². The fourth-order valence-electron chi connectivity index (χ4n) is 2.34. The molecule has 2 aliphatic rings. The molecular weight excluding hydrogens is 176 g/mol. The fraction of sp³-hybridized carbons (Fsp3) is 0.667. The standard InChI is InChI=1S/C12H18O2/c1-5-9-8(2)6-7-10-11(9)14-12(3,4)13-10/h5,10-11H,2,6-7H2,1,3-4H3/b9-5+. The monoisotopic (exact) mass is 194 g/mol. The Hall–Kier alpha value is -0.600. The molecule has 1 aliphatic carbocycles. The van der Waals surface area contributed by atoms with Gasteiger partial charge in [0, 0.05) is 0 Å². The third-order valence-electron chi connectivity index (χ3n) is 2.94. The van der Waals surface area contributed by atoms with E-state index in [1.165, 1.54) is 11.1 Å². The average molecular weight is 194 g/mol. The molecule has 1 aliphatic heterocycles. The molecule has 0 aromatic heterocycles. The molecule has 2 nitrogen and oxygen atoms in total. The molecule has 0 radical (unpaired) electrons. The Morgan fingerprint density at radius 3 is 2.79 bits per heavy atom. The van der Waals surface area contributed by atoms with Crippen LogP contribution in [0.15, 0.2) is 23.8 Å². The van der Waals surface area contributed by atoms with Gasteiger partial charge in [0.2, 0.25) is 0 Å². The van der Waals surface area contributed by atoms with Crippen LogP contribution in [0.1, 0.15) is 33.6 Å². The zero-order valence-corrected chi connectivity index (χ0v) is 9.17. The second-order valence-corrected chi connectivity index (χ2v) is 4.48. The molecule has 0 bridgehead atoms. The summed E-state index contributed by atoms with van der Waals surface area (Å²) in [5.74, 6) is -0.436. The van der Waals surface area contributed by atoms with Crippen molar-refractivity contribution >= 4 is 0 Å². The van der Waals surface area contributed by atoms with Crippen LogP contribution < -0.4 is 0 Å². The van der Waals surface area contributed by atoms with Gasteiger partial charge in [-0.05, 0) is 44.8 Å². The zero-order valence-electron chi connectivity index (χ0n) is 9.17. The number of allylic oxidation sites excluding steroid dienone is 1. The quantitative estimate of drug-likeness (QED) is 0.590. The van der Waals surface area contributed by atoms with Crippen LogP contribution in [0, 0.1) is 0 Å². The third kappa shape index (κ3) is 1.53. The van der Waals surface area contributed by atoms with Crippen LogP contribution >= 0.6 is 0 Å². The maximum Gasteiger partial charge on any atom is 0.164 e. The molecule has 0 amide bonds. The van der Waals surface area contributed by atoms with Crippen LogP contribution in [-0.4, -0.2) is 18.0 Å². The summed E-state index contributed by atoms with van der Waals surface area (Å²) in [5.41, 5.74) is 2.43. The molecule has 2 rings (SSSR count). The van der Waals surface area contributed by atoms with Crippen LogP contribution in [0.3, 0.4) is 0 Å². The predicted octanol–water partition coefficient (Wildman–Crippen LogP) is 2.80. The maximum absolute atomic E-state index is 5.88. The number of rotatable bonds is 0. The second kappa shape index (κ2) is 3.21. The van der Waals surface area contributed by atoms with Crippen molar-refractivity contribution in [2.45, 2.75) is 51.6 Å². The van der Waals surface area contributed by atoms with E-state index < -0.39 is 5.79 Å². The highest BCUT2D eigenvalue weighted by molar-refractivity contribution is 5.36. The lowest BCUT2D eigenvalue weighted by molar-refractivity contribution is -0.143. The van der Waals surface area contributed by atoms with E-state index in [0.29, 0.717) is 0 Å². The van der Waals surface area contributed by atoms with Crippen molar-refractivity contribution in [1.82, 2.24) is 0 Å². The summed E-state index contributed by atoms with van der Waals surface area (Å²) >= 11 is 0. The van der Waals surface area contributed by atoms with Crippen LogP contribution in [0.5, 0.6) is 0 Å². The lowest BCUT2D eigenvalue weighted by atomic mass is 9.86. The van der Waals surface area contributed by atoms with Crippen molar-refractivity contribution in [3.63, 3.8) is 0 Å². The molecule has 0 aromatic rings. The van der Waals surface area contributed by atoms with E-state index in [-0.39, 0.29) is 12.2 Å². The van der Waals surface area contributed by atoms with E-state index in [2.05, 4.69) is 12.7 Å². The van der Waals surface area contributed by atoms with E-state index in [4.69, 9.17) is 9.47 Å². The molecular formula is C12H18O2. The summed E-state index contributed by atoms with van der Waals surface area (Å²) in [6.45, 7) is 10.1. The fourth-order valence-corrected chi connectivity index (χ4v) is 2.34.